The predicted octanol–water partition coefficient (Wildman–Crippen LogP) is 2.61. The zero-order valence-electron chi connectivity index (χ0n) is 14.9. The van der Waals surface area contributed by atoms with Crippen molar-refractivity contribution < 1.29 is 9.53 Å². The molecule has 0 N–H and O–H groups in total. The molecule has 0 spiro atoms. The van der Waals surface area contributed by atoms with E-state index in [1.165, 1.54) is 0 Å². The highest BCUT2D eigenvalue weighted by Gasteiger charge is 2.29. The first kappa shape index (κ1) is 16.8. The topological polar surface area (TPSA) is 64.4 Å². The number of benzene rings is 1. The lowest BCUT2D eigenvalue weighted by Gasteiger charge is -2.32. The second-order valence-electron chi connectivity index (χ2n) is 7.04. The summed E-state index contributed by atoms with van der Waals surface area (Å²) in [4.78, 5) is 26.9. The Balaban J connectivity index is 1.47. The van der Waals surface area contributed by atoms with Crippen LogP contribution in [0.1, 0.15) is 53.7 Å². The molecule has 0 radical (unpaired) electrons. The third-order valence-electron chi connectivity index (χ3n) is 5.28. The van der Waals surface area contributed by atoms with Crippen LogP contribution in [0.5, 0.6) is 5.75 Å². The molecule has 0 bridgehead atoms. The van der Waals surface area contributed by atoms with Crippen molar-refractivity contribution in [1.82, 2.24) is 14.7 Å². The maximum Gasteiger partial charge on any atom is 0.267 e. The van der Waals surface area contributed by atoms with Gasteiger partial charge in [-0.2, -0.15) is 5.10 Å². The Morgan fingerprint density at radius 1 is 1.08 bits per heavy atom. The number of hydrogen-bond acceptors (Lipinski definition) is 4. The second kappa shape index (κ2) is 6.94. The average molecular weight is 353 g/mol. The Labute approximate surface area is 152 Å². The van der Waals surface area contributed by atoms with Crippen LogP contribution >= 0.6 is 0 Å². The van der Waals surface area contributed by atoms with Gasteiger partial charge in [-0.3, -0.25) is 9.59 Å². The van der Waals surface area contributed by atoms with Crippen LogP contribution in [-0.4, -0.2) is 40.8 Å². The smallest absolute Gasteiger partial charge is 0.267 e. The Kier molecular flexibility index (Phi) is 4.49. The van der Waals surface area contributed by atoms with Gasteiger partial charge in [-0.05, 0) is 43.9 Å². The summed E-state index contributed by atoms with van der Waals surface area (Å²) in [6.07, 6.45) is 3.80. The Morgan fingerprint density at radius 2 is 1.81 bits per heavy atom. The van der Waals surface area contributed by atoms with Gasteiger partial charge in [-0.15, -0.1) is 0 Å². The van der Waals surface area contributed by atoms with E-state index >= 15 is 0 Å². The molecule has 4 rings (SSSR count). The number of nitrogens with zero attached hydrogens (tertiary/aromatic N) is 3. The van der Waals surface area contributed by atoms with Crippen LogP contribution in [0.2, 0.25) is 0 Å². The Bertz CT molecular complexity index is 865. The molecular formula is C20H23N3O3. The van der Waals surface area contributed by atoms with E-state index in [0.717, 1.165) is 31.4 Å². The zero-order chi connectivity index (χ0) is 18.1. The third kappa shape index (κ3) is 3.23. The van der Waals surface area contributed by atoms with Crippen LogP contribution in [-0.2, 0) is 0 Å². The Morgan fingerprint density at radius 3 is 2.50 bits per heavy atom. The first-order valence-corrected chi connectivity index (χ1v) is 9.19. The number of methoxy groups -OCH3 is 1. The molecule has 0 atom stereocenters. The number of likely N-dealkylation sites (tertiary alicyclic amines) is 1. The van der Waals surface area contributed by atoms with E-state index in [1.54, 1.807) is 30.0 Å². The predicted molar refractivity (Wildman–Crippen MR) is 97.6 cm³/mol. The lowest BCUT2D eigenvalue weighted by molar-refractivity contribution is 0.0684. The molecular weight excluding hydrogens is 330 g/mol. The number of carbonyl (C=O) groups is 1. The first-order chi connectivity index (χ1) is 12.7. The number of ether oxygens (including phenoxy) is 1. The van der Waals surface area contributed by atoms with Crippen molar-refractivity contribution in [1.29, 1.82) is 0 Å². The number of rotatable bonds is 4. The molecule has 6 heteroatoms. The minimum atomic E-state index is -0.0519. The van der Waals surface area contributed by atoms with Gasteiger partial charge in [-0.25, -0.2) is 4.68 Å². The zero-order valence-corrected chi connectivity index (χ0v) is 14.9. The van der Waals surface area contributed by atoms with Crippen LogP contribution in [0.25, 0.3) is 0 Å². The van der Waals surface area contributed by atoms with Crippen LogP contribution in [0.3, 0.4) is 0 Å². The summed E-state index contributed by atoms with van der Waals surface area (Å²) in [6, 6.07) is 10.8. The van der Waals surface area contributed by atoms with Crippen molar-refractivity contribution in [3.05, 3.63) is 58.0 Å². The number of piperidine rings is 1. The van der Waals surface area contributed by atoms with Gasteiger partial charge in [0.2, 0.25) is 0 Å². The van der Waals surface area contributed by atoms with Crippen LogP contribution in [0.15, 0.2) is 41.2 Å². The van der Waals surface area contributed by atoms with Crippen molar-refractivity contribution in [2.45, 2.75) is 37.6 Å². The SMILES string of the molecule is COc1ccccc1C(=O)N1CCC(n2nc(C3CC3)ccc2=O)CC1. The summed E-state index contributed by atoms with van der Waals surface area (Å²) >= 11 is 0. The van der Waals surface area contributed by atoms with Gasteiger partial charge in [0.05, 0.1) is 24.4 Å². The van der Waals surface area contributed by atoms with Gasteiger partial charge in [0.15, 0.2) is 0 Å². The molecule has 1 aliphatic carbocycles. The molecule has 1 saturated heterocycles. The van der Waals surface area contributed by atoms with E-state index < -0.39 is 0 Å². The number of hydrogen-bond donors (Lipinski definition) is 0. The van der Waals surface area contributed by atoms with Crippen LogP contribution < -0.4 is 10.3 Å². The van der Waals surface area contributed by atoms with Gasteiger partial charge in [0.25, 0.3) is 11.5 Å². The maximum absolute atomic E-state index is 12.8. The van der Waals surface area contributed by atoms with E-state index in [-0.39, 0.29) is 17.5 Å². The normalized spacial score (nSPS) is 18.0. The van der Waals surface area contributed by atoms with Crippen LogP contribution in [0.4, 0.5) is 0 Å². The van der Waals surface area contributed by atoms with Gasteiger partial charge >= 0.3 is 0 Å². The van der Waals surface area contributed by atoms with Crippen LogP contribution in [0, 0.1) is 0 Å². The molecule has 0 unspecified atom stereocenters. The summed E-state index contributed by atoms with van der Waals surface area (Å²) in [7, 11) is 1.57. The molecule has 2 aliphatic rings. The minimum absolute atomic E-state index is 0.0204. The third-order valence-corrected chi connectivity index (χ3v) is 5.28. The summed E-state index contributed by atoms with van der Waals surface area (Å²) in [5.41, 5.74) is 1.56. The van der Waals surface area contributed by atoms with Gasteiger partial charge in [-0.1, -0.05) is 12.1 Å². The molecule has 26 heavy (non-hydrogen) atoms. The van der Waals surface area contributed by atoms with Crippen molar-refractivity contribution in [3.8, 4) is 5.75 Å². The summed E-state index contributed by atoms with van der Waals surface area (Å²) in [5, 5.41) is 4.59. The van der Waals surface area contributed by atoms with Gasteiger partial charge < -0.3 is 9.64 Å². The lowest BCUT2D eigenvalue weighted by atomic mass is 10.0. The maximum atomic E-state index is 12.8. The number of carbonyl (C=O) groups excluding carboxylic acids is 1. The minimum Gasteiger partial charge on any atom is -0.496 e. The number of amides is 1. The number of para-hydroxylation sites is 1. The summed E-state index contributed by atoms with van der Waals surface area (Å²) in [6.45, 7) is 1.23. The molecule has 2 aromatic rings. The van der Waals surface area contributed by atoms with E-state index in [2.05, 4.69) is 5.10 Å². The number of aromatic nitrogens is 2. The molecule has 1 aromatic heterocycles. The second-order valence-corrected chi connectivity index (χ2v) is 7.04. The van der Waals surface area contributed by atoms with E-state index in [9.17, 15) is 9.59 Å². The highest BCUT2D eigenvalue weighted by molar-refractivity contribution is 5.97. The molecule has 1 amide bonds. The van der Waals surface area contributed by atoms with Gasteiger partial charge in [0.1, 0.15) is 5.75 Å². The molecule has 136 valence electrons. The van der Waals surface area contributed by atoms with Crippen molar-refractivity contribution in [2.75, 3.05) is 20.2 Å². The van der Waals surface area contributed by atoms with Crippen molar-refractivity contribution in [2.24, 2.45) is 0 Å². The highest BCUT2D eigenvalue weighted by atomic mass is 16.5. The quantitative estimate of drug-likeness (QED) is 0.847. The van der Waals surface area contributed by atoms with E-state index in [0.29, 0.717) is 30.3 Å². The first-order valence-electron chi connectivity index (χ1n) is 9.19. The standard InChI is InChI=1S/C20H23N3O3/c1-26-18-5-3-2-4-16(18)20(25)22-12-10-15(11-13-22)23-19(24)9-8-17(21-23)14-6-7-14/h2-5,8-9,14-15H,6-7,10-13H2,1H3. The average Bonchev–Trinajstić information content (AvgIpc) is 3.53. The summed E-state index contributed by atoms with van der Waals surface area (Å²) in [5.74, 6) is 1.09. The molecule has 1 aromatic carbocycles. The fourth-order valence-corrected chi connectivity index (χ4v) is 3.60. The van der Waals surface area contributed by atoms with E-state index in [1.807, 2.05) is 23.1 Å². The fourth-order valence-electron chi connectivity index (χ4n) is 3.60. The lowest BCUT2D eigenvalue weighted by Crippen LogP contribution is -2.41. The van der Waals surface area contributed by atoms with Crippen molar-refractivity contribution in [3.63, 3.8) is 0 Å². The summed E-state index contributed by atoms with van der Waals surface area (Å²) < 4.78 is 6.94. The molecule has 2 fully saturated rings. The molecule has 2 heterocycles. The van der Waals surface area contributed by atoms with Crippen molar-refractivity contribution >= 4 is 5.91 Å². The monoisotopic (exact) mass is 353 g/mol. The molecule has 1 aliphatic heterocycles. The fraction of sp³-hybridized carbons (Fsp3) is 0.450. The molecule has 6 nitrogen and oxygen atoms in total. The highest BCUT2D eigenvalue weighted by Crippen LogP contribution is 2.38. The Hall–Kier alpha value is -2.63. The van der Waals surface area contributed by atoms with E-state index in [4.69, 9.17) is 4.74 Å². The largest absolute Gasteiger partial charge is 0.496 e. The molecule has 1 saturated carbocycles. The van der Waals surface area contributed by atoms with Gasteiger partial charge in [0, 0.05) is 25.1 Å².